The SMILES string of the molecule is Fc1ccc(C#CCCBr)c(F)c1Cl. The maximum absolute atomic E-state index is 13.2. The van der Waals surface area contributed by atoms with Crippen LogP contribution in [0.5, 0.6) is 0 Å². The van der Waals surface area contributed by atoms with Crippen molar-refractivity contribution in [3.05, 3.63) is 34.4 Å². The Morgan fingerprint density at radius 1 is 1.36 bits per heavy atom. The molecular formula is C10H6BrClF2. The van der Waals surface area contributed by atoms with Crippen molar-refractivity contribution in [1.29, 1.82) is 0 Å². The molecule has 0 radical (unpaired) electrons. The summed E-state index contributed by atoms with van der Waals surface area (Å²) in [6, 6.07) is 2.38. The summed E-state index contributed by atoms with van der Waals surface area (Å²) in [5.74, 6) is 3.73. The fourth-order valence-electron chi connectivity index (χ4n) is 0.827. The third kappa shape index (κ3) is 2.70. The second-order valence-electron chi connectivity index (χ2n) is 2.46. The minimum absolute atomic E-state index is 0.123. The molecule has 0 unspecified atom stereocenters. The monoisotopic (exact) mass is 278 g/mol. The van der Waals surface area contributed by atoms with Crippen LogP contribution in [0.1, 0.15) is 12.0 Å². The van der Waals surface area contributed by atoms with Gasteiger partial charge in [0.25, 0.3) is 0 Å². The average Bonchev–Trinajstić information content (AvgIpc) is 2.18. The molecule has 0 bridgehead atoms. The Kier molecular flexibility index (Phi) is 4.37. The quantitative estimate of drug-likeness (QED) is 0.417. The molecule has 4 heteroatoms. The third-order valence-corrected chi connectivity index (χ3v) is 2.22. The Hall–Kier alpha value is -0.590. The van der Waals surface area contributed by atoms with Gasteiger partial charge in [0, 0.05) is 11.8 Å². The van der Waals surface area contributed by atoms with E-state index in [9.17, 15) is 8.78 Å². The minimum Gasteiger partial charge on any atom is -0.205 e. The predicted octanol–water partition coefficient (Wildman–Crippen LogP) is 3.75. The lowest BCUT2D eigenvalue weighted by molar-refractivity contribution is 0.582. The fourth-order valence-corrected chi connectivity index (χ4v) is 1.19. The van der Waals surface area contributed by atoms with Gasteiger partial charge in [0.05, 0.1) is 5.56 Å². The highest BCUT2D eigenvalue weighted by atomic mass is 79.9. The first-order chi connectivity index (χ1) is 6.66. The zero-order valence-electron chi connectivity index (χ0n) is 7.08. The van der Waals surface area contributed by atoms with Crippen LogP contribution in [0.15, 0.2) is 12.1 Å². The van der Waals surface area contributed by atoms with E-state index in [-0.39, 0.29) is 5.56 Å². The summed E-state index contributed by atoms with van der Waals surface area (Å²) in [7, 11) is 0. The summed E-state index contributed by atoms with van der Waals surface area (Å²) in [4.78, 5) is 0. The summed E-state index contributed by atoms with van der Waals surface area (Å²) in [6.45, 7) is 0. The summed E-state index contributed by atoms with van der Waals surface area (Å²) < 4.78 is 25.9. The zero-order valence-corrected chi connectivity index (χ0v) is 9.42. The first-order valence-electron chi connectivity index (χ1n) is 3.85. The van der Waals surface area contributed by atoms with E-state index < -0.39 is 16.7 Å². The molecule has 74 valence electrons. The van der Waals surface area contributed by atoms with E-state index in [0.29, 0.717) is 6.42 Å². The number of benzene rings is 1. The molecule has 0 saturated heterocycles. The Balaban J connectivity index is 3.02. The molecule has 0 aliphatic carbocycles. The Morgan fingerprint density at radius 3 is 2.71 bits per heavy atom. The molecule has 0 amide bonds. The second kappa shape index (κ2) is 5.33. The molecule has 1 aromatic carbocycles. The Morgan fingerprint density at radius 2 is 2.07 bits per heavy atom. The minimum atomic E-state index is -0.797. The average molecular weight is 280 g/mol. The van der Waals surface area contributed by atoms with Gasteiger partial charge in [-0.2, -0.15) is 0 Å². The zero-order chi connectivity index (χ0) is 10.6. The van der Waals surface area contributed by atoms with Gasteiger partial charge in [-0.1, -0.05) is 39.4 Å². The third-order valence-electron chi connectivity index (χ3n) is 1.48. The summed E-state index contributed by atoms with van der Waals surface area (Å²) in [5.41, 5.74) is 0.123. The lowest BCUT2D eigenvalue weighted by atomic mass is 10.2. The second-order valence-corrected chi connectivity index (χ2v) is 3.63. The topological polar surface area (TPSA) is 0 Å². The van der Waals surface area contributed by atoms with Gasteiger partial charge in [-0.15, -0.1) is 0 Å². The molecule has 0 heterocycles. The Labute approximate surface area is 94.4 Å². The van der Waals surface area contributed by atoms with E-state index in [1.165, 1.54) is 6.07 Å². The van der Waals surface area contributed by atoms with Gasteiger partial charge in [-0.25, -0.2) is 8.78 Å². The van der Waals surface area contributed by atoms with Crippen LogP contribution in [0.2, 0.25) is 5.02 Å². The van der Waals surface area contributed by atoms with Crippen LogP contribution < -0.4 is 0 Å². The molecular weight excluding hydrogens is 273 g/mol. The molecule has 0 aliphatic rings. The molecule has 0 spiro atoms. The summed E-state index contributed by atoms with van der Waals surface area (Å²) >= 11 is 8.55. The van der Waals surface area contributed by atoms with Crippen LogP contribution in [0, 0.1) is 23.5 Å². The van der Waals surface area contributed by atoms with Gasteiger partial charge >= 0.3 is 0 Å². The number of halogens is 4. The normalized spacial score (nSPS) is 9.43. The van der Waals surface area contributed by atoms with Crippen molar-refractivity contribution in [2.24, 2.45) is 0 Å². The first-order valence-corrected chi connectivity index (χ1v) is 5.35. The highest BCUT2D eigenvalue weighted by Crippen LogP contribution is 2.21. The predicted molar refractivity (Wildman–Crippen MR) is 56.7 cm³/mol. The van der Waals surface area contributed by atoms with Crippen molar-refractivity contribution in [2.45, 2.75) is 6.42 Å². The van der Waals surface area contributed by atoms with Crippen LogP contribution in [0.25, 0.3) is 0 Å². The van der Waals surface area contributed by atoms with Gasteiger partial charge in [-0.05, 0) is 12.1 Å². The van der Waals surface area contributed by atoms with Crippen molar-refractivity contribution >= 4 is 27.5 Å². The van der Waals surface area contributed by atoms with Crippen LogP contribution in [0.3, 0.4) is 0 Å². The molecule has 14 heavy (non-hydrogen) atoms. The number of hydrogen-bond acceptors (Lipinski definition) is 0. The maximum atomic E-state index is 13.2. The van der Waals surface area contributed by atoms with E-state index in [4.69, 9.17) is 11.6 Å². The molecule has 1 rings (SSSR count). The van der Waals surface area contributed by atoms with E-state index in [2.05, 4.69) is 27.8 Å². The van der Waals surface area contributed by atoms with Gasteiger partial charge in [0.1, 0.15) is 10.8 Å². The van der Waals surface area contributed by atoms with Crippen LogP contribution in [-0.4, -0.2) is 5.33 Å². The molecule has 0 N–H and O–H groups in total. The van der Waals surface area contributed by atoms with E-state index in [1.807, 2.05) is 0 Å². The van der Waals surface area contributed by atoms with Crippen LogP contribution >= 0.6 is 27.5 Å². The lowest BCUT2D eigenvalue weighted by Gasteiger charge is -1.97. The molecule has 0 nitrogen and oxygen atoms in total. The smallest absolute Gasteiger partial charge is 0.160 e. The van der Waals surface area contributed by atoms with Crippen molar-refractivity contribution in [3.8, 4) is 11.8 Å². The molecule has 0 atom stereocenters. The van der Waals surface area contributed by atoms with E-state index >= 15 is 0 Å². The van der Waals surface area contributed by atoms with Gasteiger partial charge in [0.2, 0.25) is 0 Å². The number of hydrogen-bond donors (Lipinski definition) is 0. The van der Waals surface area contributed by atoms with Gasteiger partial charge in [-0.3, -0.25) is 0 Å². The van der Waals surface area contributed by atoms with E-state index in [0.717, 1.165) is 11.4 Å². The lowest BCUT2D eigenvalue weighted by Crippen LogP contribution is -1.88. The van der Waals surface area contributed by atoms with Gasteiger partial charge < -0.3 is 0 Å². The van der Waals surface area contributed by atoms with Crippen LogP contribution in [-0.2, 0) is 0 Å². The van der Waals surface area contributed by atoms with Crippen molar-refractivity contribution < 1.29 is 8.78 Å². The van der Waals surface area contributed by atoms with Crippen molar-refractivity contribution in [1.82, 2.24) is 0 Å². The molecule has 0 aromatic heterocycles. The van der Waals surface area contributed by atoms with Crippen molar-refractivity contribution in [2.75, 3.05) is 5.33 Å². The molecule has 0 fully saturated rings. The molecule has 0 aliphatic heterocycles. The number of rotatable bonds is 1. The first kappa shape index (κ1) is 11.5. The maximum Gasteiger partial charge on any atom is 0.160 e. The fraction of sp³-hybridized carbons (Fsp3) is 0.200. The molecule has 0 saturated carbocycles. The number of alkyl halides is 1. The standard InChI is InChI=1S/C10H6BrClF2/c11-6-2-1-3-7-4-5-8(13)9(12)10(7)14/h4-5H,2,6H2. The van der Waals surface area contributed by atoms with Gasteiger partial charge in [0.15, 0.2) is 5.82 Å². The largest absolute Gasteiger partial charge is 0.205 e. The van der Waals surface area contributed by atoms with Crippen LogP contribution in [0.4, 0.5) is 8.78 Å². The molecule has 1 aromatic rings. The Bertz CT molecular complexity index is 393. The summed E-state index contributed by atoms with van der Waals surface area (Å²) in [5, 5.41) is 0.215. The highest BCUT2D eigenvalue weighted by Gasteiger charge is 2.09. The summed E-state index contributed by atoms with van der Waals surface area (Å²) in [6.07, 6.45) is 0.606. The van der Waals surface area contributed by atoms with E-state index in [1.54, 1.807) is 0 Å². The highest BCUT2D eigenvalue weighted by molar-refractivity contribution is 9.09. The van der Waals surface area contributed by atoms with Crippen molar-refractivity contribution in [3.63, 3.8) is 0 Å².